The van der Waals surface area contributed by atoms with Gasteiger partial charge in [0.1, 0.15) is 12.6 Å². The van der Waals surface area contributed by atoms with Crippen LogP contribution < -0.4 is 9.62 Å². The van der Waals surface area contributed by atoms with Gasteiger partial charge in [0.25, 0.3) is 0 Å². The monoisotopic (exact) mass is 557 g/mol. The summed E-state index contributed by atoms with van der Waals surface area (Å²) < 4.78 is 26.8. The van der Waals surface area contributed by atoms with Gasteiger partial charge in [-0.2, -0.15) is 0 Å². The van der Waals surface area contributed by atoms with Crippen LogP contribution in [0.25, 0.3) is 0 Å². The van der Waals surface area contributed by atoms with E-state index in [4.69, 9.17) is 11.6 Å². The quantitative estimate of drug-likeness (QED) is 0.526. The highest BCUT2D eigenvalue weighted by atomic mass is 79.9. The first kappa shape index (κ1) is 27.1. The molecule has 0 aliphatic rings. The fraction of sp³-hybridized carbons (Fsp3) is 0.391. The first-order valence-corrected chi connectivity index (χ1v) is 13.3. The number of hydrogen-bond acceptors (Lipinski definition) is 4. The van der Waals surface area contributed by atoms with Crippen LogP contribution in [-0.2, 0) is 26.2 Å². The molecule has 2 rings (SSSR count). The Bertz CT molecular complexity index is 1100. The van der Waals surface area contributed by atoms with E-state index >= 15 is 0 Å². The highest BCUT2D eigenvalue weighted by Gasteiger charge is 2.31. The standard InChI is InChI=1S/C23H29BrClN3O4S/c1-16(22(30)26-23(2,3)4)27(14-17-7-6-8-19(25)13-17)21(29)15-28(33(5,31)32)20-11-9-18(24)10-12-20/h6-13,16H,14-15H2,1-5H3,(H,26,30). The molecule has 2 amide bonds. The number of hydrogen-bond donors (Lipinski definition) is 1. The van der Waals surface area contributed by atoms with Crippen molar-refractivity contribution in [3.05, 3.63) is 63.6 Å². The molecule has 10 heteroatoms. The highest BCUT2D eigenvalue weighted by Crippen LogP contribution is 2.22. The lowest BCUT2D eigenvalue weighted by Gasteiger charge is -2.33. The average molecular weight is 559 g/mol. The van der Waals surface area contributed by atoms with Crippen LogP contribution in [0.5, 0.6) is 0 Å². The average Bonchev–Trinajstić information content (AvgIpc) is 2.68. The minimum Gasteiger partial charge on any atom is -0.350 e. The normalized spacial score (nSPS) is 12.7. The Hall–Kier alpha value is -2.10. The number of nitrogens with zero attached hydrogens (tertiary/aromatic N) is 2. The van der Waals surface area contributed by atoms with Crippen molar-refractivity contribution in [2.75, 3.05) is 17.1 Å². The Morgan fingerprint density at radius 2 is 1.73 bits per heavy atom. The van der Waals surface area contributed by atoms with Crippen molar-refractivity contribution in [3.63, 3.8) is 0 Å². The maximum Gasteiger partial charge on any atom is 0.244 e. The van der Waals surface area contributed by atoms with E-state index in [2.05, 4.69) is 21.2 Å². The van der Waals surface area contributed by atoms with Crippen molar-refractivity contribution in [3.8, 4) is 0 Å². The van der Waals surface area contributed by atoms with Gasteiger partial charge in [0.15, 0.2) is 0 Å². The van der Waals surface area contributed by atoms with Crippen molar-refractivity contribution < 1.29 is 18.0 Å². The van der Waals surface area contributed by atoms with Gasteiger partial charge in [0.2, 0.25) is 21.8 Å². The molecule has 1 unspecified atom stereocenters. The van der Waals surface area contributed by atoms with E-state index < -0.39 is 34.1 Å². The maximum absolute atomic E-state index is 13.4. The molecule has 0 saturated carbocycles. The molecule has 2 aromatic carbocycles. The fourth-order valence-electron chi connectivity index (χ4n) is 3.11. The number of carbonyl (C=O) groups excluding carboxylic acids is 2. The Kier molecular flexibility index (Phi) is 8.95. The number of halogens is 2. The van der Waals surface area contributed by atoms with Gasteiger partial charge in [-0.3, -0.25) is 13.9 Å². The Morgan fingerprint density at radius 3 is 2.24 bits per heavy atom. The van der Waals surface area contributed by atoms with Crippen LogP contribution in [0.1, 0.15) is 33.3 Å². The predicted molar refractivity (Wildman–Crippen MR) is 136 cm³/mol. The minimum absolute atomic E-state index is 0.0933. The molecule has 0 aliphatic heterocycles. The number of anilines is 1. The van der Waals surface area contributed by atoms with Crippen LogP contribution in [0.2, 0.25) is 5.02 Å². The van der Waals surface area contributed by atoms with Crippen molar-refractivity contribution in [2.45, 2.75) is 45.8 Å². The van der Waals surface area contributed by atoms with Gasteiger partial charge in [0, 0.05) is 21.6 Å². The second-order valence-corrected chi connectivity index (χ2v) is 12.1. The zero-order valence-corrected chi connectivity index (χ0v) is 22.5. The molecule has 0 saturated heterocycles. The van der Waals surface area contributed by atoms with Gasteiger partial charge in [-0.05, 0) is 69.7 Å². The van der Waals surface area contributed by atoms with Crippen molar-refractivity contribution >= 4 is 55.1 Å². The Morgan fingerprint density at radius 1 is 1.12 bits per heavy atom. The second-order valence-electron chi connectivity index (χ2n) is 8.81. The summed E-state index contributed by atoms with van der Waals surface area (Å²) in [6.07, 6.45) is 1.04. The molecule has 1 atom stereocenters. The summed E-state index contributed by atoms with van der Waals surface area (Å²) in [6.45, 7) is 6.80. The third-order valence-electron chi connectivity index (χ3n) is 4.70. The van der Waals surface area contributed by atoms with Gasteiger partial charge in [-0.15, -0.1) is 0 Å². The van der Waals surface area contributed by atoms with Crippen LogP contribution in [0.15, 0.2) is 53.0 Å². The lowest BCUT2D eigenvalue weighted by molar-refractivity contribution is -0.140. The van der Waals surface area contributed by atoms with Gasteiger partial charge in [-0.25, -0.2) is 8.42 Å². The second kappa shape index (κ2) is 10.9. The highest BCUT2D eigenvalue weighted by molar-refractivity contribution is 9.10. The summed E-state index contributed by atoms with van der Waals surface area (Å²) in [5.74, 6) is -0.854. The molecule has 0 bridgehead atoms. The smallest absolute Gasteiger partial charge is 0.244 e. The van der Waals surface area contributed by atoms with Crippen molar-refractivity contribution in [2.24, 2.45) is 0 Å². The molecule has 2 aromatic rings. The molecule has 1 N–H and O–H groups in total. The van der Waals surface area contributed by atoms with E-state index in [1.54, 1.807) is 55.5 Å². The summed E-state index contributed by atoms with van der Waals surface area (Å²) in [4.78, 5) is 27.7. The zero-order chi connectivity index (χ0) is 25.0. The molecule has 0 heterocycles. The van der Waals surface area contributed by atoms with Crippen molar-refractivity contribution in [1.82, 2.24) is 10.2 Å². The molecular weight excluding hydrogens is 530 g/mol. The number of sulfonamides is 1. The minimum atomic E-state index is -3.76. The number of carbonyl (C=O) groups is 2. The molecule has 0 fully saturated rings. The van der Waals surface area contributed by atoms with E-state index in [0.29, 0.717) is 10.7 Å². The van der Waals surface area contributed by atoms with Gasteiger partial charge < -0.3 is 10.2 Å². The maximum atomic E-state index is 13.4. The number of rotatable bonds is 8. The van der Waals surface area contributed by atoms with Gasteiger partial charge in [0.05, 0.1) is 11.9 Å². The van der Waals surface area contributed by atoms with E-state index in [-0.39, 0.29) is 12.5 Å². The van der Waals surface area contributed by atoms with Gasteiger partial charge in [-0.1, -0.05) is 39.7 Å². The molecule has 180 valence electrons. The topological polar surface area (TPSA) is 86.8 Å². The number of amides is 2. The van der Waals surface area contributed by atoms with Crippen LogP contribution in [-0.4, -0.2) is 49.5 Å². The fourth-order valence-corrected chi connectivity index (χ4v) is 4.44. The third-order valence-corrected chi connectivity index (χ3v) is 6.61. The molecule has 0 aromatic heterocycles. The third kappa shape index (κ3) is 8.32. The zero-order valence-electron chi connectivity index (χ0n) is 19.3. The largest absolute Gasteiger partial charge is 0.350 e. The summed E-state index contributed by atoms with van der Waals surface area (Å²) in [5, 5.41) is 3.38. The van der Waals surface area contributed by atoms with Crippen LogP contribution in [0.4, 0.5) is 5.69 Å². The van der Waals surface area contributed by atoms with E-state index in [1.807, 2.05) is 20.8 Å². The van der Waals surface area contributed by atoms with Gasteiger partial charge >= 0.3 is 0 Å². The summed E-state index contributed by atoms with van der Waals surface area (Å²) >= 11 is 9.42. The van der Waals surface area contributed by atoms with E-state index in [0.717, 1.165) is 20.6 Å². The lowest BCUT2D eigenvalue weighted by Crippen LogP contribution is -2.54. The number of nitrogens with one attached hydrogen (secondary N) is 1. The van der Waals surface area contributed by atoms with E-state index in [9.17, 15) is 18.0 Å². The lowest BCUT2D eigenvalue weighted by atomic mass is 10.1. The summed E-state index contributed by atoms with van der Waals surface area (Å²) in [6, 6.07) is 12.7. The molecule has 0 aliphatic carbocycles. The molecule has 33 heavy (non-hydrogen) atoms. The summed E-state index contributed by atoms with van der Waals surface area (Å²) in [5.41, 5.74) is 0.580. The van der Waals surface area contributed by atoms with Crippen LogP contribution in [0, 0.1) is 0 Å². The van der Waals surface area contributed by atoms with Crippen molar-refractivity contribution in [1.29, 1.82) is 0 Å². The van der Waals surface area contributed by atoms with Crippen LogP contribution in [0.3, 0.4) is 0 Å². The first-order chi connectivity index (χ1) is 15.2. The predicted octanol–water partition coefficient (Wildman–Crippen LogP) is 4.20. The Labute approximate surface area is 209 Å². The molecular formula is C23H29BrClN3O4S. The first-order valence-electron chi connectivity index (χ1n) is 10.3. The molecule has 0 radical (unpaired) electrons. The molecule has 0 spiro atoms. The summed E-state index contributed by atoms with van der Waals surface area (Å²) in [7, 11) is -3.76. The Balaban J connectivity index is 2.39. The molecule has 7 nitrogen and oxygen atoms in total. The van der Waals surface area contributed by atoms with Crippen LogP contribution >= 0.6 is 27.5 Å². The SMILES string of the molecule is CC(C(=O)NC(C)(C)C)N(Cc1cccc(Cl)c1)C(=O)CN(c1ccc(Br)cc1)S(C)(=O)=O. The number of benzene rings is 2. The van der Waals surface area contributed by atoms with E-state index in [1.165, 1.54) is 4.90 Å².